The number of hydrogen-bond donors (Lipinski definition) is 3. The number of unbranched alkanes of at least 4 members (excludes halogenated alkanes) is 1. The fourth-order valence-corrected chi connectivity index (χ4v) is 4.46. The van der Waals surface area contributed by atoms with Crippen LogP contribution in [0.15, 0.2) is 24.4 Å². The molecule has 22 heavy (non-hydrogen) atoms. The lowest BCUT2D eigenvalue weighted by Crippen LogP contribution is -2.36. The van der Waals surface area contributed by atoms with Gasteiger partial charge in [-0.1, -0.05) is 12.5 Å². The number of anilines is 1. The van der Waals surface area contributed by atoms with E-state index in [9.17, 15) is 9.59 Å². The van der Waals surface area contributed by atoms with Crippen molar-refractivity contribution in [1.29, 1.82) is 0 Å². The van der Waals surface area contributed by atoms with Crippen molar-refractivity contribution in [2.24, 2.45) is 0 Å². The summed E-state index contributed by atoms with van der Waals surface area (Å²) in [6, 6.07) is 5.92. The molecule has 0 aromatic carbocycles. The number of pyridine rings is 1. The predicted octanol–water partition coefficient (Wildman–Crippen LogP) is 1.75. The summed E-state index contributed by atoms with van der Waals surface area (Å²) in [6.07, 6.45) is 5.05. The predicted molar refractivity (Wildman–Crippen MR) is 86.8 cm³/mol. The second-order valence-corrected chi connectivity index (χ2v) is 6.90. The van der Waals surface area contributed by atoms with Crippen LogP contribution in [0, 0.1) is 0 Å². The number of urea groups is 1. The van der Waals surface area contributed by atoms with Gasteiger partial charge in [0.1, 0.15) is 5.82 Å². The Kier molecular flexibility index (Phi) is 4.82. The zero-order valence-corrected chi connectivity index (χ0v) is 13.1. The molecular weight excluding hydrogens is 300 g/mol. The quantitative estimate of drug-likeness (QED) is 0.551. The van der Waals surface area contributed by atoms with Crippen molar-refractivity contribution < 1.29 is 9.59 Å². The molecule has 0 bridgehead atoms. The molecule has 0 saturated carbocycles. The molecule has 2 aliphatic rings. The van der Waals surface area contributed by atoms with Crippen molar-refractivity contribution in [3.8, 4) is 0 Å². The van der Waals surface area contributed by atoms with Crippen molar-refractivity contribution in [2.45, 2.75) is 43.0 Å². The molecule has 118 valence electrons. The standard InChI is InChI=1S/C15H20N4O2S/c20-13(18-12-6-3-4-8-16-12)7-2-1-5-11-14-10(9-22-11)17-15(21)19-14/h3-4,6,8,10-11,14H,1-2,5,7,9H2,(H,16,18,20)(H2,17,19,21)/t10-,11-,14-/m0/s1. The number of thioether (sulfide) groups is 1. The number of rotatable bonds is 6. The van der Waals surface area contributed by atoms with Gasteiger partial charge in [-0.15, -0.1) is 0 Å². The Morgan fingerprint density at radius 3 is 3.09 bits per heavy atom. The fourth-order valence-electron chi connectivity index (χ4n) is 2.92. The molecule has 1 aromatic rings. The van der Waals surface area contributed by atoms with Gasteiger partial charge in [0.2, 0.25) is 5.91 Å². The Labute approximate surface area is 133 Å². The summed E-state index contributed by atoms with van der Waals surface area (Å²) in [5.41, 5.74) is 0. The van der Waals surface area contributed by atoms with Crippen LogP contribution in [0.3, 0.4) is 0 Å². The summed E-state index contributed by atoms with van der Waals surface area (Å²) < 4.78 is 0. The van der Waals surface area contributed by atoms with Crippen LogP contribution in [0.5, 0.6) is 0 Å². The average Bonchev–Trinajstić information content (AvgIpc) is 3.04. The van der Waals surface area contributed by atoms with E-state index in [1.807, 2.05) is 23.9 Å². The highest BCUT2D eigenvalue weighted by Gasteiger charge is 2.42. The number of nitrogens with one attached hydrogen (secondary N) is 3. The lowest BCUT2D eigenvalue weighted by molar-refractivity contribution is -0.116. The van der Waals surface area contributed by atoms with E-state index >= 15 is 0 Å². The van der Waals surface area contributed by atoms with E-state index in [4.69, 9.17) is 0 Å². The summed E-state index contributed by atoms with van der Waals surface area (Å²) in [4.78, 5) is 27.2. The first kappa shape index (κ1) is 15.1. The minimum absolute atomic E-state index is 0.00601. The molecule has 0 unspecified atom stereocenters. The maximum absolute atomic E-state index is 11.8. The highest BCUT2D eigenvalue weighted by molar-refractivity contribution is 8.00. The van der Waals surface area contributed by atoms with Crippen molar-refractivity contribution in [1.82, 2.24) is 15.6 Å². The lowest BCUT2D eigenvalue weighted by Gasteiger charge is -2.16. The highest BCUT2D eigenvalue weighted by Crippen LogP contribution is 2.33. The van der Waals surface area contributed by atoms with Gasteiger partial charge in [-0.2, -0.15) is 11.8 Å². The van der Waals surface area contributed by atoms with Gasteiger partial charge in [-0.25, -0.2) is 9.78 Å². The normalized spacial score (nSPS) is 26.2. The number of amides is 3. The summed E-state index contributed by atoms with van der Waals surface area (Å²) >= 11 is 1.91. The maximum atomic E-state index is 11.8. The van der Waals surface area contributed by atoms with E-state index in [0.29, 0.717) is 17.5 Å². The average molecular weight is 320 g/mol. The molecule has 0 radical (unpaired) electrons. The second-order valence-electron chi connectivity index (χ2n) is 5.63. The van der Waals surface area contributed by atoms with Crippen LogP contribution in [-0.2, 0) is 4.79 Å². The molecule has 2 saturated heterocycles. The van der Waals surface area contributed by atoms with Crippen LogP contribution in [-0.4, -0.2) is 40.0 Å². The molecule has 0 aliphatic carbocycles. The van der Waals surface area contributed by atoms with Gasteiger partial charge in [-0.3, -0.25) is 4.79 Å². The molecule has 3 heterocycles. The molecule has 1 aromatic heterocycles. The third-order valence-electron chi connectivity index (χ3n) is 4.01. The molecule has 3 N–H and O–H groups in total. The van der Waals surface area contributed by atoms with Gasteiger partial charge in [0.05, 0.1) is 12.1 Å². The molecule has 3 atom stereocenters. The van der Waals surface area contributed by atoms with Gasteiger partial charge in [0.15, 0.2) is 0 Å². The zero-order chi connectivity index (χ0) is 15.4. The monoisotopic (exact) mass is 320 g/mol. The van der Waals surface area contributed by atoms with Crippen LogP contribution >= 0.6 is 11.8 Å². The topological polar surface area (TPSA) is 83.1 Å². The molecule has 3 rings (SSSR count). The first-order valence-corrected chi connectivity index (χ1v) is 8.67. The third-order valence-corrected chi connectivity index (χ3v) is 5.52. The molecular formula is C15H20N4O2S. The zero-order valence-electron chi connectivity index (χ0n) is 12.2. The van der Waals surface area contributed by atoms with E-state index in [2.05, 4.69) is 20.9 Å². The van der Waals surface area contributed by atoms with Gasteiger partial charge in [-0.05, 0) is 25.0 Å². The number of hydrogen-bond acceptors (Lipinski definition) is 4. The first-order chi connectivity index (χ1) is 10.7. The highest BCUT2D eigenvalue weighted by atomic mass is 32.2. The van der Waals surface area contributed by atoms with Crippen molar-refractivity contribution in [2.75, 3.05) is 11.1 Å². The number of carbonyl (C=O) groups excluding carboxylic acids is 2. The Morgan fingerprint density at radius 2 is 2.27 bits per heavy atom. The van der Waals surface area contributed by atoms with E-state index in [0.717, 1.165) is 25.0 Å². The summed E-state index contributed by atoms with van der Waals surface area (Å²) in [7, 11) is 0. The number of carbonyl (C=O) groups is 2. The fraction of sp³-hybridized carbons (Fsp3) is 0.533. The summed E-state index contributed by atoms with van der Waals surface area (Å²) in [6.45, 7) is 0. The van der Waals surface area contributed by atoms with Gasteiger partial charge >= 0.3 is 6.03 Å². The first-order valence-electron chi connectivity index (χ1n) is 7.62. The van der Waals surface area contributed by atoms with E-state index in [-0.39, 0.29) is 24.0 Å². The van der Waals surface area contributed by atoms with Gasteiger partial charge in [0.25, 0.3) is 0 Å². The Bertz CT molecular complexity index is 540. The largest absolute Gasteiger partial charge is 0.332 e. The Hall–Kier alpha value is -1.76. The second kappa shape index (κ2) is 7.00. The van der Waals surface area contributed by atoms with Crippen LogP contribution in [0.25, 0.3) is 0 Å². The number of nitrogens with zero attached hydrogens (tertiary/aromatic N) is 1. The number of fused-ring (bicyclic) bond motifs is 1. The van der Waals surface area contributed by atoms with Crippen LogP contribution in [0.2, 0.25) is 0 Å². The van der Waals surface area contributed by atoms with E-state index in [1.54, 1.807) is 12.3 Å². The maximum Gasteiger partial charge on any atom is 0.315 e. The Morgan fingerprint density at radius 1 is 1.36 bits per heavy atom. The molecule has 0 spiro atoms. The Balaban J connectivity index is 1.34. The van der Waals surface area contributed by atoms with E-state index in [1.165, 1.54) is 0 Å². The third kappa shape index (κ3) is 3.71. The van der Waals surface area contributed by atoms with Crippen LogP contribution in [0.1, 0.15) is 25.7 Å². The number of aromatic nitrogens is 1. The minimum Gasteiger partial charge on any atom is -0.332 e. The SMILES string of the molecule is O=C(CCCC[C@@H]1SC[C@@H]2NC(=O)N[C@@H]21)Nc1ccccn1. The van der Waals surface area contributed by atoms with Crippen molar-refractivity contribution in [3.05, 3.63) is 24.4 Å². The molecule has 2 fully saturated rings. The smallest absolute Gasteiger partial charge is 0.315 e. The molecule has 2 aliphatic heterocycles. The van der Waals surface area contributed by atoms with Crippen molar-refractivity contribution >= 4 is 29.5 Å². The summed E-state index contributed by atoms with van der Waals surface area (Å²) in [5, 5.41) is 9.18. The molecule has 7 heteroatoms. The van der Waals surface area contributed by atoms with Crippen molar-refractivity contribution in [3.63, 3.8) is 0 Å². The van der Waals surface area contributed by atoms with Crippen LogP contribution in [0.4, 0.5) is 10.6 Å². The van der Waals surface area contributed by atoms with Gasteiger partial charge < -0.3 is 16.0 Å². The lowest BCUT2D eigenvalue weighted by atomic mass is 10.0. The minimum atomic E-state index is -0.0463. The van der Waals surface area contributed by atoms with E-state index < -0.39 is 0 Å². The molecule has 6 nitrogen and oxygen atoms in total. The molecule has 3 amide bonds. The van der Waals surface area contributed by atoms with Crippen LogP contribution < -0.4 is 16.0 Å². The van der Waals surface area contributed by atoms with Gasteiger partial charge in [0, 0.05) is 23.6 Å². The summed E-state index contributed by atoms with van der Waals surface area (Å²) in [5.74, 6) is 1.58.